The Hall–Kier alpha value is -0.370. The van der Waals surface area contributed by atoms with Gasteiger partial charge in [0.1, 0.15) is 12.3 Å². The number of hydrogen-bond acceptors (Lipinski definition) is 1. The van der Waals surface area contributed by atoms with Gasteiger partial charge in [-0.3, -0.25) is 0 Å². The molecule has 1 saturated heterocycles. The standard InChI is InChI=1S/C6H9FO/c1-3-5(7)6-4(2)8-6/h3-6H,1H2,2H3. The maximum atomic E-state index is 12.3. The summed E-state index contributed by atoms with van der Waals surface area (Å²) >= 11 is 0. The SMILES string of the molecule is C=CC(F)C1OC1C. The second-order valence-corrected chi connectivity index (χ2v) is 1.99. The van der Waals surface area contributed by atoms with Crippen molar-refractivity contribution < 1.29 is 9.13 Å². The minimum absolute atomic E-state index is 0.1000. The summed E-state index contributed by atoms with van der Waals surface area (Å²) in [5.74, 6) is 0. The van der Waals surface area contributed by atoms with Gasteiger partial charge in [0.15, 0.2) is 0 Å². The van der Waals surface area contributed by atoms with E-state index in [-0.39, 0.29) is 12.2 Å². The van der Waals surface area contributed by atoms with Crippen LogP contribution in [0.4, 0.5) is 4.39 Å². The molecule has 3 atom stereocenters. The first-order valence-corrected chi connectivity index (χ1v) is 2.68. The predicted molar refractivity (Wildman–Crippen MR) is 29.4 cm³/mol. The number of hydrogen-bond donors (Lipinski definition) is 0. The normalized spacial score (nSPS) is 38.8. The molecule has 0 aromatic carbocycles. The summed E-state index contributed by atoms with van der Waals surface area (Å²) in [6, 6.07) is 0. The topological polar surface area (TPSA) is 12.5 Å². The first-order valence-electron chi connectivity index (χ1n) is 2.68. The minimum Gasteiger partial charge on any atom is -0.366 e. The Kier molecular flexibility index (Phi) is 1.34. The van der Waals surface area contributed by atoms with Gasteiger partial charge in [-0.1, -0.05) is 6.08 Å². The molecule has 1 nitrogen and oxygen atoms in total. The fourth-order valence-corrected chi connectivity index (χ4v) is 0.671. The van der Waals surface area contributed by atoms with Crippen molar-refractivity contribution in [3.8, 4) is 0 Å². The van der Waals surface area contributed by atoms with E-state index in [1.54, 1.807) is 0 Å². The number of ether oxygens (including phenoxy) is 1. The molecule has 1 heterocycles. The van der Waals surface area contributed by atoms with Gasteiger partial charge >= 0.3 is 0 Å². The third kappa shape index (κ3) is 0.892. The average Bonchev–Trinajstić information content (AvgIpc) is 2.45. The molecule has 2 heteroatoms. The van der Waals surface area contributed by atoms with E-state index < -0.39 is 6.17 Å². The molecule has 0 bridgehead atoms. The molecule has 0 aliphatic carbocycles. The van der Waals surface area contributed by atoms with Crippen molar-refractivity contribution in [3.05, 3.63) is 12.7 Å². The van der Waals surface area contributed by atoms with Gasteiger partial charge in [0.25, 0.3) is 0 Å². The van der Waals surface area contributed by atoms with Crippen molar-refractivity contribution >= 4 is 0 Å². The number of epoxide rings is 1. The largest absolute Gasteiger partial charge is 0.366 e. The lowest BCUT2D eigenvalue weighted by Gasteiger charge is -1.91. The smallest absolute Gasteiger partial charge is 0.147 e. The molecule has 1 aliphatic heterocycles. The Balaban J connectivity index is 2.27. The van der Waals surface area contributed by atoms with Crippen molar-refractivity contribution in [2.45, 2.75) is 25.3 Å². The first-order chi connectivity index (χ1) is 3.75. The van der Waals surface area contributed by atoms with Crippen molar-refractivity contribution in [2.75, 3.05) is 0 Å². The van der Waals surface area contributed by atoms with E-state index in [4.69, 9.17) is 4.74 Å². The van der Waals surface area contributed by atoms with E-state index >= 15 is 0 Å². The maximum absolute atomic E-state index is 12.3. The van der Waals surface area contributed by atoms with Crippen molar-refractivity contribution in [1.82, 2.24) is 0 Å². The predicted octanol–water partition coefficient (Wildman–Crippen LogP) is 1.30. The molecule has 0 saturated carbocycles. The Labute approximate surface area is 48.1 Å². The lowest BCUT2D eigenvalue weighted by atomic mass is 10.2. The summed E-state index contributed by atoms with van der Waals surface area (Å²) < 4.78 is 17.1. The summed E-state index contributed by atoms with van der Waals surface area (Å²) in [5.41, 5.74) is 0. The molecular formula is C6H9FO. The monoisotopic (exact) mass is 116 g/mol. The minimum atomic E-state index is -0.968. The molecule has 3 unspecified atom stereocenters. The van der Waals surface area contributed by atoms with Crippen LogP contribution in [0.5, 0.6) is 0 Å². The molecule has 8 heavy (non-hydrogen) atoms. The summed E-state index contributed by atoms with van der Waals surface area (Å²) in [4.78, 5) is 0. The zero-order chi connectivity index (χ0) is 6.15. The van der Waals surface area contributed by atoms with Gasteiger partial charge in [-0.05, 0) is 6.92 Å². The van der Waals surface area contributed by atoms with Crippen molar-refractivity contribution in [1.29, 1.82) is 0 Å². The second-order valence-electron chi connectivity index (χ2n) is 1.99. The van der Waals surface area contributed by atoms with Crippen LogP contribution in [0.25, 0.3) is 0 Å². The highest BCUT2D eigenvalue weighted by atomic mass is 19.1. The Morgan fingerprint density at radius 3 is 2.50 bits per heavy atom. The molecule has 46 valence electrons. The maximum Gasteiger partial charge on any atom is 0.147 e. The highest BCUT2D eigenvalue weighted by molar-refractivity contribution is 4.96. The summed E-state index contributed by atoms with van der Waals surface area (Å²) in [7, 11) is 0. The van der Waals surface area contributed by atoms with E-state index in [9.17, 15) is 4.39 Å². The quantitative estimate of drug-likeness (QED) is 0.391. The van der Waals surface area contributed by atoms with Gasteiger partial charge in [-0.2, -0.15) is 0 Å². The number of rotatable bonds is 2. The van der Waals surface area contributed by atoms with Gasteiger partial charge in [0, 0.05) is 0 Å². The van der Waals surface area contributed by atoms with E-state index in [0.29, 0.717) is 0 Å². The van der Waals surface area contributed by atoms with Crippen LogP contribution >= 0.6 is 0 Å². The van der Waals surface area contributed by atoms with Crippen LogP contribution in [0.3, 0.4) is 0 Å². The molecule has 0 N–H and O–H groups in total. The third-order valence-corrected chi connectivity index (χ3v) is 1.30. The fourth-order valence-electron chi connectivity index (χ4n) is 0.671. The molecule has 0 amide bonds. The molecule has 1 fully saturated rings. The fraction of sp³-hybridized carbons (Fsp3) is 0.667. The molecule has 1 aliphatic rings. The third-order valence-electron chi connectivity index (χ3n) is 1.30. The lowest BCUT2D eigenvalue weighted by Crippen LogP contribution is -2.05. The van der Waals surface area contributed by atoms with Crippen LogP contribution in [0, 0.1) is 0 Å². The molecule has 1 rings (SSSR count). The van der Waals surface area contributed by atoms with Crippen LogP contribution < -0.4 is 0 Å². The lowest BCUT2D eigenvalue weighted by molar-refractivity contribution is 0.286. The summed E-state index contributed by atoms with van der Waals surface area (Å²) in [6.45, 7) is 5.15. The Bertz CT molecular complexity index is 103. The average molecular weight is 116 g/mol. The van der Waals surface area contributed by atoms with Gasteiger partial charge in [0.2, 0.25) is 0 Å². The van der Waals surface area contributed by atoms with Gasteiger partial charge in [-0.25, -0.2) is 4.39 Å². The molecule has 0 aromatic heterocycles. The second kappa shape index (κ2) is 1.86. The summed E-state index contributed by atoms with van der Waals surface area (Å²) in [5, 5.41) is 0. The van der Waals surface area contributed by atoms with Crippen molar-refractivity contribution in [2.24, 2.45) is 0 Å². The van der Waals surface area contributed by atoms with Crippen LogP contribution in [-0.4, -0.2) is 18.4 Å². The van der Waals surface area contributed by atoms with Crippen LogP contribution in [0.2, 0.25) is 0 Å². The Morgan fingerprint density at radius 1 is 1.88 bits per heavy atom. The zero-order valence-corrected chi connectivity index (χ0v) is 4.80. The van der Waals surface area contributed by atoms with Crippen LogP contribution in [0.15, 0.2) is 12.7 Å². The van der Waals surface area contributed by atoms with Gasteiger partial charge in [0.05, 0.1) is 6.10 Å². The van der Waals surface area contributed by atoms with Crippen molar-refractivity contribution in [3.63, 3.8) is 0 Å². The van der Waals surface area contributed by atoms with E-state index in [2.05, 4.69) is 6.58 Å². The number of halogens is 1. The molecule has 0 radical (unpaired) electrons. The molecular weight excluding hydrogens is 107 g/mol. The van der Waals surface area contributed by atoms with Crippen LogP contribution in [-0.2, 0) is 4.74 Å². The number of alkyl halides is 1. The zero-order valence-electron chi connectivity index (χ0n) is 4.80. The summed E-state index contributed by atoms with van der Waals surface area (Å²) in [6.07, 6.45) is 0.203. The van der Waals surface area contributed by atoms with E-state index in [1.807, 2.05) is 6.92 Å². The molecule has 0 aromatic rings. The Morgan fingerprint density at radius 2 is 2.38 bits per heavy atom. The van der Waals surface area contributed by atoms with Crippen LogP contribution in [0.1, 0.15) is 6.92 Å². The molecule has 0 spiro atoms. The first kappa shape index (κ1) is 5.76. The van der Waals surface area contributed by atoms with E-state index in [0.717, 1.165) is 0 Å². The van der Waals surface area contributed by atoms with E-state index in [1.165, 1.54) is 6.08 Å². The highest BCUT2D eigenvalue weighted by Gasteiger charge is 2.40. The highest BCUT2D eigenvalue weighted by Crippen LogP contribution is 2.26. The van der Waals surface area contributed by atoms with Gasteiger partial charge < -0.3 is 4.74 Å². The van der Waals surface area contributed by atoms with Gasteiger partial charge in [-0.15, -0.1) is 6.58 Å².